The molecule has 0 bridgehead atoms. The maximum Gasteiger partial charge on any atom is 0.250 e. The van der Waals surface area contributed by atoms with Gasteiger partial charge in [0.05, 0.1) is 4.90 Å². The second kappa shape index (κ2) is 11.0. The average Bonchev–Trinajstić information content (AvgIpc) is 2.80. The van der Waals surface area contributed by atoms with Crippen molar-refractivity contribution in [3.63, 3.8) is 0 Å². The molecule has 0 saturated carbocycles. The summed E-state index contributed by atoms with van der Waals surface area (Å²) in [5.74, 6) is -0.849. The molecule has 0 spiro atoms. The highest BCUT2D eigenvalue weighted by molar-refractivity contribution is 7.90. The Morgan fingerprint density at radius 2 is 1.74 bits per heavy atom. The number of sulfone groups is 1. The fraction of sp³-hybridized carbons (Fsp3) is 0.280. The van der Waals surface area contributed by atoms with E-state index in [-0.39, 0.29) is 35.8 Å². The van der Waals surface area contributed by atoms with Crippen LogP contribution in [0.15, 0.2) is 75.7 Å². The molecule has 0 aliphatic rings. The van der Waals surface area contributed by atoms with E-state index < -0.39 is 21.8 Å². The molecule has 3 rings (SSSR count). The maximum absolute atomic E-state index is 12.2. The number of aryl methyl sites for hydroxylation is 2. The van der Waals surface area contributed by atoms with Crippen molar-refractivity contribution >= 4 is 27.3 Å². The summed E-state index contributed by atoms with van der Waals surface area (Å²) in [4.78, 5) is 35.5. The Bertz CT molecular complexity index is 1400. The smallest absolute Gasteiger partial charge is 0.250 e. The van der Waals surface area contributed by atoms with Gasteiger partial charge in [0.2, 0.25) is 5.91 Å². The summed E-state index contributed by atoms with van der Waals surface area (Å²) < 4.78 is 25.2. The van der Waals surface area contributed by atoms with Crippen LogP contribution in [0.4, 0.5) is 0 Å². The molecule has 35 heavy (non-hydrogen) atoms. The first-order chi connectivity index (χ1) is 16.5. The van der Waals surface area contributed by atoms with Crippen LogP contribution in [0.2, 0.25) is 5.02 Å². The number of carbonyl (C=O) groups excluding carboxylic acids is 1. The van der Waals surface area contributed by atoms with Crippen molar-refractivity contribution in [2.75, 3.05) is 6.26 Å². The highest BCUT2D eigenvalue weighted by Gasteiger charge is 2.24. The van der Waals surface area contributed by atoms with Gasteiger partial charge in [0, 0.05) is 42.4 Å². The molecule has 0 fully saturated rings. The molecule has 8 nitrogen and oxygen atoms in total. The number of nitrogens with two attached hydrogens (primary N) is 1. The largest absolute Gasteiger partial charge is 0.370 e. The van der Waals surface area contributed by atoms with Crippen LogP contribution in [0, 0.1) is 11.8 Å². The highest BCUT2D eigenvalue weighted by atomic mass is 35.5. The lowest BCUT2D eigenvalue weighted by Crippen LogP contribution is -2.23. The minimum atomic E-state index is -3.37. The van der Waals surface area contributed by atoms with Gasteiger partial charge in [-0.2, -0.15) is 4.91 Å². The standard InChI is InChI=1S/C25H26ClN3O5S/c1-16-13-19(26)6-9-21(16)22(17-3-7-20(8-4-17)35(2,33)34)14-23(28-32)18-5-10-25(31)29(15-18)12-11-24(27)30/h3-10,13,15,22-23H,11-12,14H2,1-2H3,(H2,27,30). The number of carbonyl (C=O) groups is 1. The third-order valence-electron chi connectivity index (χ3n) is 5.89. The zero-order valence-electron chi connectivity index (χ0n) is 19.3. The van der Waals surface area contributed by atoms with E-state index in [0.29, 0.717) is 10.6 Å². The molecule has 1 aromatic heterocycles. The molecule has 2 unspecified atom stereocenters. The van der Waals surface area contributed by atoms with E-state index in [1.54, 1.807) is 24.3 Å². The zero-order valence-corrected chi connectivity index (χ0v) is 20.9. The molecule has 0 aliphatic carbocycles. The lowest BCUT2D eigenvalue weighted by Gasteiger charge is -2.23. The van der Waals surface area contributed by atoms with Crippen LogP contribution in [0.1, 0.15) is 47.1 Å². The predicted molar refractivity (Wildman–Crippen MR) is 135 cm³/mol. The minimum absolute atomic E-state index is 0.0121. The van der Waals surface area contributed by atoms with Gasteiger partial charge < -0.3 is 10.3 Å². The number of amides is 1. The summed E-state index contributed by atoms with van der Waals surface area (Å²) in [5.41, 5.74) is 8.03. The lowest BCUT2D eigenvalue weighted by molar-refractivity contribution is -0.118. The molecule has 1 amide bonds. The molecular weight excluding hydrogens is 490 g/mol. The van der Waals surface area contributed by atoms with Gasteiger partial charge in [-0.05, 0) is 65.9 Å². The van der Waals surface area contributed by atoms with Gasteiger partial charge in [0.15, 0.2) is 9.84 Å². The van der Waals surface area contributed by atoms with Crippen molar-refractivity contribution < 1.29 is 13.2 Å². The van der Waals surface area contributed by atoms with Crippen LogP contribution in [0.25, 0.3) is 0 Å². The molecule has 0 saturated heterocycles. The second-order valence-electron chi connectivity index (χ2n) is 8.46. The maximum atomic E-state index is 12.2. The van der Waals surface area contributed by atoms with Crippen molar-refractivity contribution in [1.29, 1.82) is 0 Å². The number of primary amides is 1. The molecule has 2 N–H and O–H groups in total. The van der Waals surface area contributed by atoms with Crippen LogP contribution in [0.3, 0.4) is 0 Å². The molecule has 10 heteroatoms. The van der Waals surface area contributed by atoms with Crippen molar-refractivity contribution in [3.05, 3.63) is 103 Å². The van der Waals surface area contributed by atoms with Crippen molar-refractivity contribution in [1.82, 2.24) is 4.57 Å². The number of rotatable bonds is 10. The van der Waals surface area contributed by atoms with Crippen molar-refractivity contribution in [3.8, 4) is 0 Å². The van der Waals surface area contributed by atoms with Crippen LogP contribution < -0.4 is 11.3 Å². The highest BCUT2D eigenvalue weighted by Crippen LogP contribution is 2.38. The summed E-state index contributed by atoms with van der Waals surface area (Å²) in [6.45, 7) is 2.01. The molecule has 0 radical (unpaired) electrons. The Morgan fingerprint density at radius 1 is 1.09 bits per heavy atom. The van der Waals surface area contributed by atoms with E-state index in [4.69, 9.17) is 17.3 Å². The van der Waals surface area contributed by atoms with Gasteiger partial charge in [0.25, 0.3) is 5.56 Å². The fourth-order valence-corrected chi connectivity index (χ4v) is 4.89. The third kappa shape index (κ3) is 6.64. The number of nitroso groups, excluding NO2 is 1. The Hall–Kier alpha value is -3.30. The SMILES string of the molecule is Cc1cc(Cl)ccc1C(CC(N=O)c1ccc(=O)n(CCC(N)=O)c1)c1ccc(S(C)(=O)=O)cc1. The monoisotopic (exact) mass is 515 g/mol. The van der Waals surface area contributed by atoms with Crippen LogP contribution in [-0.2, 0) is 21.2 Å². The van der Waals surface area contributed by atoms with E-state index in [1.807, 2.05) is 19.1 Å². The Kier molecular flexibility index (Phi) is 8.24. The number of nitrogens with zero attached hydrogens (tertiary/aromatic N) is 2. The molecule has 2 atom stereocenters. The summed E-state index contributed by atoms with van der Waals surface area (Å²) in [6.07, 6.45) is 2.91. The van der Waals surface area contributed by atoms with Crippen LogP contribution >= 0.6 is 11.6 Å². The summed E-state index contributed by atoms with van der Waals surface area (Å²) in [7, 11) is -3.37. The van der Waals surface area contributed by atoms with Crippen molar-refractivity contribution in [2.45, 2.75) is 43.2 Å². The van der Waals surface area contributed by atoms with Gasteiger partial charge >= 0.3 is 0 Å². The quantitative estimate of drug-likeness (QED) is 0.406. The van der Waals surface area contributed by atoms with E-state index in [0.717, 1.165) is 22.9 Å². The van der Waals surface area contributed by atoms with Gasteiger partial charge in [-0.15, -0.1) is 0 Å². The van der Waals surface area contributed by atoms with Gasteiger partial charge in [-0.1, -0.05) is 35.0 Å². The number of hydrogen-bond donors (Lipinski definition) is 1. The first-order valence-corrected chi connectivity index (χ1v) is 13.1. The first-order valence-electron chi connectivity index (χ1n) is 10.9. The van der Waals surface area contributed by atoms with Crippen LogP contribution in [-0.4, -0.2) is 25.1 Å². The van der Waals surface area contributed by atoms with Crippen LogP contribution in [0.5, 0.6) is 0 Å². The van der Waals surface area contributed by atoms with Gasteiger partial charge in [-0.3, -0.25) is 9.59 Å². The Labute approximate surface area is 208 Å². The zero-order chi connectivity index (χ0) is 25.8. The van der Waals surface area contributed by atoms with E-state index >= 15 is 0 Å². The average molecular weight is 516 g/mol. The number of halogens is 1. The van der Waals surface area contributed by atoms with E-state index in [9.17, 15) is 22.9 Å². The summed E-state index contributed by atoms with van der Waals surface area (Å²) >= 11 is 6.15. The molecule has 3 aromatic rings. The predicted octanol–water partition coefficient (Wildman–Crippen LogP) is 4.12. The minimum Gasteiger partial charge on any atom is -0.370 e. The molecule has 0 aliphatic heterocycles. The third-order valence-corrected chi connectivity index (χ3v) is 7.26. The van der Waals surface area contributed by atoms with E-state index in [2.05, 4.69) is 5.18 Å². The number of benzene rings is 2. The summed E-state index contributed by atoms with van der Waals surface area (Å²) in [6, 6.07) is 14.1. The number of aromatic nitrogens is 1. The first kappa shape index (κ1) is 26.3. The molecular formula is C25H26ClN3O5S. The second-order valence-corrected chi connectivity index (χ2v) is 10.9. The number of pyridine rings is 1. The van der Waals surface area contributed by atoms with E-state index in [1.165, 1.54) is 29.0 Å². The normalized spacial score (nSPS) is 13.2. The van der Waals surface area contributed by atoms with Crippen molar-refractivity contribution in [2.24, 2.45) is 10.9 Å². The molecule has 184 valence electrons. The van der Waals surface area contributed by atoms with Gasteiger partial charge in [0.1, 0.15) is 6.04 Å². The Balaban J connectivity index is 2.03. The van der Waals surface area contributed by atoms with Gasteiger partial charge in [-0.25, -0.2) is 8.42 Å². The topological polar surface area (TPSA) is 129 Å². The lowest BCUT2D eigenvalue weighted by atomic mass is 9.83. The molecule has 2 aromatic carbocycles. The Morgan fingerprint density at radius 3 is 2.31 bits per heavy atom. The number of hydrogen-bond acceptors (Lipinski definition) is 6. The fourth-order valence-electron chi connectivity index (χ4n) is 4.04. The molecule has 1 heterocycles. The summed E-state index contributed by atoms with van der Waals surface area (Å²) in [5, 5.41) is 3.91.